The van der Waals surface area contributed by atoms with Gasteiger partial charge in [0.05, 0.1) is 12.1 Å². The van der Waals surface area contributed by atoms with Crippen molar-refractivity contribution in [3.8, 4) is 5.75 Å². The van der Waals surface area contributed by atoms with Crippen LogP contribution < -0.4 is 10.5 Å². The van der Waals surface area contributed by atoms with Crippen molar-refractivity contribution in [2.45, 2.75) is 19.9 Å². The van der Waals surface area contributed by atoms with Crippen molar-refractivity contribution in [1.29, 1.82) is 0 Å². The van der Waals surface area contributed by atoms with E-state index in [2.05, 4.69) is 0 Å². The summed E-state index contributed by atoms with van der Waals surface area (Å²) in [4.78, 5) is 25.0. The number of hydrogen-bond acceptors (Lipinski definition) is 3. The summed E-state index contributed by atoms with van der Waals surface area (Å²) in [7, 11) is 0. The number of hydrogen-bond donors (Lipinski definition) is 1. The summed E-state index contributed by atoms with van der Waals surface area (Å²) < 4.78 is 5.56. The Balaban J connectivity index is 2.25. The van der Waals surface area contributed by atoms with Gasteiger partial charge in [-0.1, -0.05) is 18.2 Å². The number of fused-ring (bicyclic) bond motifs is 1. The number of carbonyl (C=O) groups is 2. The highest BCUT2D eigenvalue weighted by Crippen LogP contribution is 2.26. The third kappa shape index (κ3) is 2.99. The van der Waals surface area contributed by atoms with Gasteiger partial charge >= 0.3 is 0 Å². The van der Waals surface area contributed by atoms with Crippen molar-refractivity contribution in [2.24, 2.45) is 5.73 Å². The fourth-order valence-corrected chi connectivity index (χ4v) is 2.08. The fraction of sp³-hybridized carbons (Fsp3) is 0.333. The molecule has 1 aliphatic heterocycles. The van der Waals surface area contributed by atoms with Crippen LogP contribution in [0.4, 0.5) is 0 Å². The van der Waals surface area contributed by atoms with E-state index in [-0.39, 0.29) is 25.1 Å². The Morgan fingerprint density at radius 1 is 1.35 bits per heavy atom. The smallest absolute Gasteiger partial charge is 0.253 e. The first-order chi connectivity index (χ1) is 9.49. The average molecular weight is 274 g/mol. The number of primary amides is 1. The van der Waals surface area contributed by atoms with Crippen LogP contribution in [0.2, 0.25) is 0 Å². The second-order valence-electron chi connectivity index (χ2n) is 4.99. The van der Waals surface area contributed by atoms with E-state index in [1.54, 1.807) is 6.08 Å². The molecule has 1 aromatic rings. The molecule has 0 aromatic heterocycles. The SMILES string of the molecule is CC(C)N(CC(N)=O)C(=O)C1=Cc2ccccc2OC1. The summed E-state index contributed by atoms with van der Waals surface area (Å²) in [6, 6.07) is 7.41. The van der Waals surface area contributed by atoms with Crippen LogP contribution in [0.1, 0.15) is 19.4 Å². The maximum Gasteiger partial charge on any atom is 0.253 e. The van der Waals surface area contributed by atoms with Crippen molar-refractivity contribution < 1.29 is 14.3 Å². The van der Waals surface area contributed by atoms with E-state index in [1.807, 2.05) is 38.1 Å². The third-order valence-corrected chi connectivity index (χ3v) is 3.12. The Kier molecular flexibility index (Phi) is 4.08. The van der Waals surface area contributed by atoms with Crippen molar-refractivity contribution in [1.82, 2.24) is 4.90 Å². The van der Waals surface area contributed by atoms with Gasteiger partial charge in [-0.3, -0.25) is 9.59 Å². The Morgan fingerprint density at radius 2 is 2.05 bits per heavy atom. The molecule has 0 aliphatic carbocycles. The topological polar surface area (TPSA) is 72.6 Å². The molecule has 0 spiro atoms. The van der Waals surface area contributed by atoms with E-state index in [0.29, 0.717) is 5.57 Å². The highest BCUT2D eigenvalue weighted by molar-refractivity contribution is 6.00. The van der Waals surface area contributed by atoms with E-state index in [9.17, 15) is 9.59 Å². The van der Waals surface area contributed by atoms with Gasteiger partial charge in [-0.05, 0) is 26.0 Å². The quantitative estimate of drug-likeness (QED) is 0.896. The molecule has 0 unspecified atom stereocenters. The Hall–Kier alpha value is -2.30. The van der Waals surface area contributed by atoms with Gasteiger partial charge in [0.25, 0.3) is 5.91 Å². The first-order valence-electron chi connectivity index (χ1n) is 6.50. The summed E-state index contributed by atoms with van der Waals surface area (Å²) in [6.07, 6.45) is 1.80. The first-order valence-corrected chi connectivity index (χ1v) is 6.50. The number of benzene rings is 1. The molecule has 0 saturated carbocycles. The van der Waals surface area contributed by atoms with E-state index >= 15 is 0 Å². The molecular weight excluding hydrogens is 256 g/mol. The predicted octanol–water partition coefficient (Wildman–Crippen LogP) is 1.18. The molecule has 2 rings (SSSR count). The zero-order chi connectivity index (χ0) is 14.7. The van der Waals surface area contributed by atoms with Crippen molar-refractivity contribution in [3.63, 3.8) is 0 Å². The number of rotatable bonds is 4. The minimum atomic E-state index is -0.523. The normalized spacial score (nSPS) is 13.2. The molecule has 5 heteroatoms. The van der Waals surface area contributed by atoms with Crippen LogP contribution in [0.5, 0.6) is 5.75 Å². The second-order valence-corrected chi connectivity index (χ2v) is 4.99. The summed E-state index contributed by atoms with van der Waals surface area (Å²) in [5.74, 6) is 0.0214. The fourth-order valence-electron chi connectivity index (χ4n) is 2.08. The molecule has 0 bridgehead atoms. The molecule has 1 heterocycles. The molecule has 106 valence electrons. The van der Waals surface area contributed by atoms with Gasteiger partial charge in [-0.15, -0.1) is 0 Å². The van der Waals surface area contributed by atoms with Crippen LogP contribution in [-0.2, 0) is 9.59 Å². The highest BCUT2D eigenvalue weighted by atomic mass is 16.5. The van der Waals surface area contributed by atoms with Crippen LogP contribution in [0.25, 0.3) is 6.08 Å². The summed E-state index contributed by atoms with van der Waals surface area (Å²) in [5.41, 5.74) is 6.58. The van der Waals surface area contributed by atoms with Crippen LogP contribution in [0, 0.1) is 0 Å². The molecule has 5 nitrogen and oxygen atoms in total. The molecule has 20 heavy (non-hydrogen) atoms. The Labute approximate surface area is 118 Å². The summed E-state index contributed by atoms with van der Waals surface area (Å²) >= 11 is 0. The van der Waals surface area contributed by atoms with E-state index in [0.717, 1.165) is 11.3 Å². The lowest BCUT2D eigenvalue weighted by molar-refractivity contribution is -0.133. The monoisotopic (exact) mass is 274 g/mol. The zero-order valence-corrected chi connectivity index (χ0v) is 11.6. The van der Waals surface area contributed by atoms with Crippen LogP contribution in [-0.4, -0.2) is 35.9 Å². The predicted molar refractivity (Wildman–Crippen MR) is 76.0 cm³/mol. The summed E-state index contributed by atoms with van der Waals surface area (Å²) in [6.45, 7) is 3.81. The van der Waals surface area contributed by atoms with Crippen LogP contribution in [0.15, 0.2) is 29.8 Å². The molecular formula is C15H18N2O3. The molecule has 0 saturated heterocycles. The maximum absolute atomic E-state index is 12.5. The standard InChI is InChI=1S/C15H18N2O3/c1-10(2)17(8-14(16)18)15(19)12-7-11-5-3-4-6-13(11)20-9-12/h3-7,10H,8-9H2,1-2H3,(H2,16,18). The van der Waals surface area contributed by atoms with Crippen LogP contribution >= 0.6 is 0 Å². The van der Waals surface area contributed by atoms with Crippen molar-refractivity contribution in [2.75, 3.05) is 13.2 Å². The number of amides is 2. The second kappa shape index (κ2) is 5.77. The number of para-hydroxylation sites is 1. The van der Waals surface area contributed by atoms with Gasteiger partial charge in [-0.2, -0.15) is 0 Å². The number of nitrogens with two attached hydrogens (primary N) is 1. The van der Waals surface area contributed by atoms with E-state index in [1.165, 1.54) is 4.90 Å². The van der Waals surface area contributed by atoms with Gasteiger partial charge in [-0.25, -0.2) is 0 Å². The third-order valence-electron chi connectivity index (χ3n) is 3.12. The lowest BCUT2D eigenvalue weighted by Gasteiger charge is -2.28. The molecule has 2 amide bonds. The van der Waals surface area contributed by atoms with Gasteiger partial charge in [0, 0.05) is 11.6 Å². The molecule has 0 fully saturated rings. The minimum absolute atomic E-state index is 0.0878. The Bertz CT molecular complexity index is 564. The largest absolute Gasteiger partial charge is 0.488 e. The average Bonchev–Trinajstić information content (AvgIpc) is 2.43. The molecule has 2 N–H and O–H groups in total. The number of carbonyl (C=O) groups excluding carboxylic acids is 2. The van der Waals surface area contributed by atoms with E-state index < -0.39 is 5.91 Å². The molecule has 0 radical (unpaired) electrons. The molecule has 1 aromatic carbocycles. The lowest BCUT2D eigenvalue weighted by Crippen LogP contribution is -2.44. The van der Waals surface area contributed by atoms with Crippen molar-refractivity contribution in [3.05, 3.63) is 35.4 Å². The first kappa shape index (κ1) is 14.1. The molecule has 1 aliphatic rings. The van der Waals surface area contributed by atoms with Crippen LogP contribution in [0.3, 0.4) is 0 Å². The Morgan fingerprint density at radius 3 is 2.70 bits per heavy atom. The highest BCUT2D eigenvalue weighted by Gasteiger charge is 2.25. The van der Waals surface area contributed by atoms with Gasteiger partial charge in [0.15, 0.2) is 0 Å². The van der Waals surface area contributed by atoms with Gasteiger partial charge in [0.2, 0.25) is 5.91 Å². The van der Waals surface area contributed by atoms with E-state index in [4.69, 9.17) is 10.5 Å². The maximum atomic E-state index is 12.5. The van der Waals surface area contributed by atoms with Gasteiger partial charge < -0.3 is 15.4 Å². The number of ether oxygens (including phenoxy) is 1. The minimum Gasteiger partial charge on any atom is -0.488 e. The number of nitrogens with zero attached hydrogens (tertiary/aromatic N) is 1. The molecule has 0 atom stereocenters. The lowest BCUT2D eigenvalue weighted by atomic mass is 10.1. The van der Waals surface area contributed by atoms with Crippen molar-refractivity contribution >= 4 is 17.9 Å². The summed E-state index contributed by atoms with van der Waals surface area (Å²) in [5, 5.41) is 0. The zero-order valence-electron chi connectivity index (χ0n) is 11.6. The van der Waals surface area contributed by atoms with Gasteiger partial charge in [0.1, 0.15) is 12.4 Å².